The molecule has 1 aliphatic rings. The first-order valence-electron chi connectivity index (χ1n) is 9.71. The summed E-state index contributed by atoms with van der Waals surface area (Å²) in [7, 11) is 0. The number of fused-ring (bicyclic) bond motifs is 1. The summed E-state index contributed by atoms with van der Waals surface area (Å²) in [4.78, 5) is 6.40. The lowest BCUT2D eigenvalue weighted by molar-refractivity contribution is 0.0536. The zero-order chi connectivity index (χ0) is 20.7. The van der Waals surface area contributed by atoms with E-state index in [4.69, 9.17) is 9.84 Å². The minimum atomic E-state index is -0.913. The molecule has 10 heteroatoms. The summed E-state index contributed by atoms with van der Waals surface area (Å²) in [5.41, 5.74) is 2.06. The Hall–Kier alpha value is -2.79. The first kappa shape index (κ1) is 19.2. The summed E-state index contributed by atoms with van der Waals surface area (Å²) in [5, 5.41) is 37.7. The Labute approximate surface area is 175 Å². The largest absolute Gasteiger partial charge is 0.491 e. The third-order valence-corrected chi connectivity index (χ3v) is 6.36. The average molecular weight is 427 g/mol. The molecule has 30 heavy (non-hydrogen) atoms. The Bertz CT molecular complexity index is 1150. The number of aliphatic hydroxyl groups is 3. The Kier molecular flexibility index (Phi) is 4.99. The molecule has 9 nitrogen and oxygen atoms in total. The van der Waals surface area contributed by atoms with E-state index in [0.717, 1.165) is 29.1 Å². The number of aliphatic hydroxyl groups excluding tert-OH is 3. The number of thiazole rings is 1. The lowest BCUT2D eigenvalue weighted by atomic mass is 10.1. The van der Waals surface area contributed by atoms with Gasteiger partial charge in [0.1, 0.15) is 41.4 Å². The topological polar surface area (TPSA) is 118 Å². The van der Waals surface area contributed by atoms with Crippen LogP contribution >= 0.6 is 11.3 Å². The Morgan fingerprint density at radius 2 is 2.00 bits per heavy atom. The van der Waals surface area contributed by atoms with E-state index in [1.165, 1.54) is 4.88 Å². The second kappa shape index (κ2) is 7.80. The number of nitrogens with zero attached hydrogens (tertiary/aromatic N) is 5. The van der Waals surface area contributed by atoms with Crippen molar-refractivity contribution in [3.05, 3.63) is 59.3 Å². The number of imidazole rings is 1. The normalized spacial score (nSPS) is 16.1. The molecule has 1 fully saturated rings. The molecule has 1 aromatic carbocycles. The summed E-state index contributed by atoms with van der Waals surface area (Å²) in [5.74, 6) is 1.08. The molecule has 0 unspecified atom stereocenters. The Balaban J connectivity index is 1.37. The molecule has 0 saturated heterocycles. The van der Waals surface area contributed by atoms with Crippen LogP contribution in [0.1, 0.15) is 41.1 Å². The van der Waals surface area contributed by atoms with Crippen molar-refractivity contribution in [2.75, 3.05) is 13.2 Å². The van der Waals surface area contributed by atoms with Gasteiger partial charge in [0, 0.05) is 4.88 Å². The van der Waals surface area contributed by atoms with Gasteiger partial charge in [0.25, 0.3) is 0 Å². The Morgan fingerprint density at radius 1 is 1.20 bits per heavy atom. The molecule has 0 aliphatic heterocycles. The molecule has 2 atom stereocenters. The van der Waals surface area contributed by atoms with Gasteiger partial charge in [-0.2, -0.15) is 0 Å². The van der Waals surface area contributed by atoms with Gasteiger partial charge in [-0.3, -0.25) is 4.40 Å². The third-order valence-electron chi connectivity index (χ3n) is 5.08. The van der Waals surface area contributed by atoms with Crippen molar-refractivity contribution in [1.29, 1.82) is 0 Å². The fourth-order valence-corrected chi connectivity index (χ4v) is 4.64. The predicted molar refractivity (Wildman–Crippen MR) is 109 cm³/mol. The van der Waals surface area contributed by atoms with Crippen molar-refractivity contribution in [3.63, 3.8) is 0 Å². The molecular weight excluding hydrogens is 406 g/mol. The predicted octanol–water partition coefficient (Wildman–Crippen LogP) is 1.67. The van der Waals surface area contributed by atoms with Gasteiger partial charge in [-0.1, -0.05) is 5.21 Å². The lowest BCUT2D eigenvalue weighted by Crippen LogP contribution is -2.21. The van der Waals surface area contributed by atoms with Crippen LogP contribution in [0.5, 0.6) is 5.75 Å². The monoisotopic (exact) mass is 427 g/mol. The van der Waals surface area contributed by atoms with Crippen LogP contribution in [0.2, 0.25) is 0 Å². The molecule has 4 aromatic rings. The summed E-state index contributed by atoms with van der Waals surface area (Å²) < 4.78 is 8.95. The highest BCUT2D eigenvalue weighted by Gasteiger charge is 2.33. The van der Waals surface area contributed by atoms with Crippen LogP contribution in [0.3, 0.4) is 0 Å². The van der Waals surface area contributed by atoms with E-state index in [9.17, 15) is 10.2 Å². The standard InChI is InChI=1S/C20H21N5O4S/c26-9-14(27)10-29-15-5-3-13(4-6-15)25-8-16(22-23-25)19(28)18-20(12-1-2-12)30-17-7-21-11-24(17)18/h3-8,11-12,14,19,26-28H,1-2,9-10H2/t14-,19-/m0/s1. The number of ether oxygens (including phenoxy) is 1. The molecule has 1 saturated carbocycles. The van der Waals surface area contributed by atoms with Crippen LogP contribution in [0, 0.1) is 0 Å². The number of hydrogen-bond acceptors (Lipinski definition) is 8. The summed E-state index contributed by atoms with van der Waals surface area (Å²) in [6.07, 6.45) is 5.75. The first-order valence-corrected chi connectivity index (χ1v) is 10.5. The SMILES string of the molecule is OC[C@H](O)COc1ccc(-n2cc([C@H](O)c3c(C4CC4)sc4cncn34)nn2)cc1. The maximum absolute atomic E-state index is 11.1. The molecular formula is C20H21N5O4S. The zero-order valence-corrected chi connectivity index (χ0v) is 16.8. The smallest absolute Gasteiger partial charge is 0.141 e. The molecule has 156 valence electrons. The van der Waals surface area contributed by atoms with Gasteiger partial charge in [-0.05, 0) is 43.0 Å². The van der Waals surface area contributed by atoms with Gasteiger partial charge in [-0.15, -0.1) is 16.4 Å². The lowest BCUT2D eigenvalue weighted by Gasteiger charge is -2.10. The van der Waals surface area contributed by atoms with Crippen molar-refractivity contribution >= 4 is 16.2 Å². The van der Waals surface area contributed by atoms with E-state index in [0.29, 0.717) is 17.4 Å². The van der Waals surface area contributed by atoms with E-state index in [2.05, 4.69) is 15.3 Å². The minimum Gasteiger partial charge on any atom is -0.491 e. The van der Waals surface area contributed by atoms with Gasteiger partial charge >= 0.3 is 0 Å². The molecule has 0 bridgehead atoms. The van der Waals surface area contributed by atoms with Crippen LogP contribution in [-0.2, 0) is 0 Å². The van der Waals surface area contributed by atoms with E-state index in [-0.39, 0.29) is 13.2 Å². The van der Waals surface area contributed by atoms with Gasteiger partial charge in [0.15, 0.2) is 0 Å². The molecule has 3 N–H and O–H groups in total. The molecule has 3 aromatic heterocycles. The summed E-state index contributed by atoms with van der Waals surface area (Å²) in [6, 6.07) is 7.10. The summed E-state index contributed by atoms with van der Waals surface area (Å²) in [6.45, 7) is -0.331. The van der Waals surface area contributed by atoms with Crippen molar-refractivity contribution in [2.24, 2.45) is 0 Å². The minimum absolute atomic E-state index is 0.0161. The second-order valence-corrected chi connectivity index (χ2v) is 8.42. The molecule has 1 aliphatic carbocycles. The highest BCUT2D eigenvalue weighted by molar-refractivity contribution is 7.17. The number of hydrogen-bond donors (Lipinski definition) is 3. The molecule has 3 heterocycles. The number of rotatable bonds is 8. The summed E-state index contributed by atoms with van der Waals surface area (Å²) >= 11 is 1.68. The van der Waals surface area contributed by atoms with Crippen molar-refractivity contribution in [2.45, 2.75) is 31.0 Å². The van der Waals surface area contributed by atoms with Crippen LogP contribution < -0.4 is 4.74 Å². The van der Waals surface area contributed by atoms with E-state index in [1.807, 2.05) is 10.6 Å². The molecule has 0 radical (unpaired) electrons. The van der Waals surface area contributed by atoms with Crippen molar-refractivity contribution in [3.8, 4) is 11.4 Å². The van der Waals surface area contributed by atoms with Gasteiger partial charge in [0.05, 0.1) is 30.4 Å². The fourth-order valence-electron chi connectivity index (χ4n) is 3.34. The second-order valence-electron chi connectivity index (χ2n) is 7.36. The highest BCUT2D eigenvalue weighted by atomic mass is 32.1. The van der Waals surface area contributed by atoms with E-state index >= 15 is 0 Å². The van der Waals surface area contributed by atoms with Crippen LogP contribution in [0.15, 0.2) is 43.0 Å². The van der Waals surface area contributed by atoms with Crippen molar-refractivity contribution < 1.29 is 20.1 Å². The van der Waals surface area contributed by atoms with E-state index in [1.54, 1.807) is 52.8 Å². The fraction of sp³-hybridized carbons (Fsp3) is 0.350. The third kappa shape index (κ3) is 3.58. The van der Waals surface area contributed by atoms with Crippen LogP contribution in [0.25, 0.3) is 10.5 Å². The van der Waals surface area contributed by atoms with Crippen molar-refractivity contribution in [1.82, 2.24) is 24.4 Å². The molecule has 0 spiro atoms. The molecule has 0 amide bonds. The quantitative estimate of drug-likeness (QED) is 0.391. The van der Waals surface area contributed by atoms with Gasteiger partial charge < -0.3 is 20.1 Å². The maximum atomic E-state index is 11.1. The first-order chi connectivity index (χ1) is 14.6. The van der Waals surface area contributed by atoms with Crippen LogP contribution in [0.4, 0.5) is 0 Å². The van der Waals surface area contributed by atoms with Crippen LogP contribution in [-0.4, -0.2) is 59.0 Å². The van der Waals surface area contributed by atoms with Gasteiger partial charge in [0.2, 0.25) is 0 Å². The Morgan fingerprint density at radius 3 is 2.73 bits per heavy atom. The van der Waals surface area contributed by atoms with E-state index < -0.39 is 12.2 Å². The number of aromatic nitrogens is 5. The van der Waals surface area contributed by atoms with Gasteiger partial charge in [-0.25, -0.2) is 9.67 Å². The highest BCUT2D eigenvalue weighted by Crippen LogP contribution is 2.47. The molecule has 5 rings (SSSR count). The zero-order valence-electron chi connectivity index (χ0n) is 16.0. The maximum Gasteiger partial charge on any atom is 0.141 e. The number of benzene rings is 1. The average Bonchev–Trinajstić information content (AvgIpc) is 3.16.